The first-order chi connectivity index (χ1) is 9.42. The van der Waals surface area contributed by atoms with Gasteiger partial charge in [0, 0.05) is 36.8 Å². The molecule has 108 valence electrons. The number of benzene rings is 1. The van der Waals surface area contributed by atoms with Crippen LogP contribution in [0.3, 0.4) is 0 Å². The van der Waals surface area contributed by atoms with E-state index in [4.69, 9.17) is 0 Å². The number of hydrogen-bond acceptors (Lipinski definition) is 4. The molecule has 0 unspecified atom stereocenters. The van der Waals surface area contributed by atoms with Crippen LogP contribution in [0.5, 0.6) is 0 Å². The van der Waals surface area contributed by atoms with E-state index in [1.807, 2.05) is 13.8 Å². The van der Waals surface area contributed by atoms with E-state index >= 15 is 0 Å². The van der Waals surface area contributed by atoms with E-state index in [0.717, 1.165) is 13.1 Å². The molecule has 1 saturated heterocycles. The summed E-state index contributed by atoms with van der Waals surface area (Å²) in [5.74, 6) is -0.0641. The van der Waals surface area contributed by atoms with Gasteiger partial charge in [0.25, 0.3) is 5.69 Å². The fourth-order valence-electron chi connectivity index (χ4n) is 2.54. The third-order valence-corrected chi connectivity index (χ3v) is 3.63. The molecule has 1 heterocycles. The molecule has 0 aromatic heterocycles. The summed E-state index contributed by atoms with van der Waals surface area (Å²) in [6.45, 7) is 6.11. The predicted octanol–water partition coefficient (Wildman–Crippen LogP) is 1.35. The molecule has 0 bridgehead atoms. The molecule has 1 aliphatic heterocycles. The number of hydrogen-bond donors (Lipinski definition) is 1. The molecular weight excluding hydrogens is 258 g/mol. The van der Waals surface area contributed by atoms with Crippen LogP contribution in [0.2, 0.25) is 0 Å². The molecule has 6 nitrogen and oxygen atoms in total. The van der Waals surface area contributed by atoms with E-state index < -0.39 is 4.92 Å². The van der Waals surface area contributed by atoms with Crippen LogP contribution in [0.4, 0.5) is 5.69 Å². The van der Waals surface area contributed by atoms with Crippen LogP contribution >= 0.6 is 0 Å². The van der Waals surface area contributed by atoms with Gasteiger partial charge in [-0.3, -0.25) is 14.9 Å². The van der Waals surface area contributed by atoms with Gasteiger partial charge in [-0.25, -0.2) is 0 Å². The number of rotatable bonds is 3. The first-order valence-electron chi connectivity index (χ1n) is 6.65. The Bertz CT molecular complexity index is 528. The van der Waals surface area contributed by atoms with Crippen molar-refractivity contribution in [1.29, 1.82) is 0 Å². The zero-order valence-electron chi connectivity index (χ0n) is 11.8. The molecule has 2 rings (SSSR count). The number of nitro groups is 1. The van der Waals surface area contributed by atoms with Crippen LogP contribution in [-0.4, -0.2) is 40.9 Å². The number of nitrogens with zero attached hydrogens (tertiary/aromatic N) is 2. The van der Waals surface area contributed by atoms with Crippen molar-refractivity contribution in [3.63, 3.8) is 0 Å². The predicted molar refractivity (Wildman–Crippen MR) is 75.5 cm³/mol. The summed E-state index contributed by atoms with van der Waals surface area (Å²) in [7, 11) is 0. The summed E-state index contributed by atoms with van der Waals surface area (Å²) in [5.41, 5.74) is 0.212. The van der Waals surface area contributed by atoms with E-state index in [0.29, 0.717) is 12.1 Å². The van der Waals surface area contributed by atoms with E-state index in [1.165, 1.54) is 6.07 Å². The monoisotopic (exact) mass is 277 g/mol. The summed E-state index contributed by atoms with van der Waals surface area (Å²) in [4.78, 5) is 24.8. The minimum absolute atomic E-state index is 0.00814. The lowest BCUT2D eigenvalue weighted by atomic mass is 9.98. The minimum atomic E-state index is -0.439. The number of para-hydroxylation sites is 1. The van der Waals surface area contributed by atoms with Crippen molar-refractivity contribution < 1.29 is 9.72 Å². The van der Waals surface area contributed by atoms with Crippen LogP contribution < -0.4 is 5.32 Å². The zero-order chi connectivity index (χ0) is 14.8. The number of nitro benzene ring substituents is 1. The second-order valence-corrected chi connectivity index (χ2v) is 5.60. The Kier molecular flexibility index (Phi) is 4.04. The summed E-state index contributed by atoms with van der Waals surface area (Å²) >= 11 is 0. The minimum Gasteiger partial charge on any atom is -0.335 e. The SMILES string of the molecule is CC1(C)CNCCN1C(=O)Cc1ccccc1[N+](=O)[O-]. The van der Waals surface area contributed by atoms with Crippen LogP contribution in [0, 0.1) is 10.1 Å². The molecule has 1 fully saturated rings. The molecule has 1 aromatic carbocycles. The van der Waals surface area contributed by atoms with E-state index in [2.05, 4.69) is 5.32 Å². The third kappa shape index (κ3) is 2.96. The van der Waals surface area contributed by atoms with Crippen LogP contribution in [0.15, 0.2) is 24.3 Å². The maximum Gasteiger partial charge on any atom is 0.273 e. The van der Waals surface area contributed by atoms with Gasteiger partial charge in [-0.1, -0.05) is 18.2 Å². The Labute approximate surface area is 117 Å². The van der Waals surface area contributed by atoms with Gasteiger partial charge in [0.1, 0.15) is 0 Å². The zero-order valence-corrected chi connectivity index (χ0v) is 11.8. The van der Waals surface area contributed by atoms with Crippen molar-refractivity contribution in [2.24, 2.45) is 0 Å². The molecule has 20 heavy (non-hydrogen) atoms. The Balaban J connectivity index is 2.18. The molecule has 0 atom stereocenters. The number of piperazine rings is 1. The molecular formula is C14H19N3O3. The second kappa shape index (κ2) is 5.58. The Hall–Kier alpha value is -1.95. The van der Waals surface area contributed by atoms with Gasteiger partial charge < -0.3 is 10.2 Å². The standard InChI is InChI=1S/C14H19N3O3/c1-14(2)10-15-7-8-16(14)13(18)9-11-5-3-4-6-12(11)17(19)20/h3-6,15H,7-10H2,1-2H3. The highest BCUT2D eigenvalue weighted by Crippen LogP contribution is 2.22. The third-order valence-electron chi connectivity index (χ3n) is 3.63. The van der Waals surface area contributed by atoms with Crippen LogP contribution in [0.1, 0.15) is 19.4 Å². The van der Waals surface area contributed by atoms with Crippen molar-refractivity contribution in [2.45, 2.75) is 25.8 Å². The highest BCUT2D eigenvalue weighted by molar-refractivity contribution is 5.80. The first-order valence-corrected chi connectivity index (χ1v) is 6.65. The maximum absolute atomic E-state index is 12.4. The topological polar surface area (TPSA) is 75.5 Å². The number of carbonyl (C=O) groups is 1. The van der Waals surface area contributed by atoms with Crippen molar-refractivity contribution in [2.75, 3.05) is 19.6 Å². The number of carbonyl (C=O) groups excluding carboxylic acids is 1. The average Bonchev–Trinajstić information content (AvgIpc) is 2.38. The molecule has 1 amide bonds. The lowest BCUT2D eigenvalue weighted by molar-refractivity contribution is -0.385. The fourth-order valence-corrected chi connectivity index (χ4v) is 2.54. The average molecular weight is 277 g/mol. The van der Waals surface area contributed by atoms with E-state index in [-0.39, 0.29) is 23.6 Å². The summed E-state index contributed by atoms with van der Waals surface area (Å²) in [6.07, 6.45) is 0.0700. The number of nitrogens with one attached hydrogen (secondary N) is 1. The van der Waals surface area contributed by atoms with E-state index in [1.54, 1.807) is 23.1 Å². The van der Waals surface area contributed by atoms with Crippen molar-refractivity contribution in [3.05, 3.63) is 39.9 Å². The molecule has 0 radical (unpaired) electrons. The van der Waals surface area contributed by atoms with Gasteiger partial charge in [-0.15, -0.1) is 0 Å². The van der Waals surface area contributed by atoms with Gasteiger partial charge >= 0.3 is 0 Å². The van der Waals surface area contributed by atoms with Crippen LogP contribution in [0.25, 0.3) is 0 Å². The highest BCUT2D eigenvalue weighted by Gasteiger charge is 2.33. The summed E-state index contributed by atoms with van der Waals surface area (Å²) in [5, 5.41) is 14.2. The Morgan fingerprint density at radius 2 is 2.15 bits per heavy atom. The summed E-state index contributed by atoms with van der Waals surface area (Å²) in [6, 6.07) is 6.41. The van der Waals surface area contributed by atoms with Gasteiger partial charge in [0.2, 0.25) is 5.91 Å². The fraction of sp³-hybridized carbons (Fsp3) is 0.500. The van der Waals surface area contributed by atoms with Crippen molar-refractivity contribution >= 4 is 11.6 Å². The molecule has 6 heteroatoms. The molecule has 0 spiro atoms. The largest absolute Gasteiger partial charge is 0.335 e. The van der Waals surface area contributed by atoms with Crippen molar-refractivity contribution in [3.8, 4) is 0 Å². The lowest BCUT2D eigenvalue weighted by Crippen LogP contribution is -2.60. The Morgan fingerprint density at radius 3 is 2.80 bits per heavy atom. The number of amides is 1. The van der Waals surface area contributed by atoms with Gasteiger partial charge in [0.15, 0.2) is 0 Å². The van der Waals surface area contributed by atoms with Gasteiger partial charge in [0.05, 0.1) is 11.3 Å². The highest BCUT2D eigenvalue weighted by atomic mass is 16.6. The lowest BCUT2D eigenvalue weighted by Gasteiger charge is -2.42. The second-order valence-electron chi connectivity index (χ2n) is 5.60. The molecule has 1 aliphatic rings. The van der Waals surface area contributed by atoms with Gasteiger partial charge in [-0.2, -0.15) is 0 Å². The summed E-state index contributed by atoms with van der Waals surface area (Å²) < 4.78 is 0. The van der Waals surface area contributed by atoms with E-state index in [9.17, 15) is 14.9 Å². The van der Waals surface area contributed by atoms with Gasteiger partial charge in [-0.05, 0) is 13.8 Å². The van der Waals surface area contributed by atoms with Crippen molar-refractivity contribution in [1.82, 2.24) is 10.2 Å². The van der Waals surface area contributed by atoms with Crippen LogP contribution in [-0.2, 0) is 11.2 Å². The molecule has 1 N–H and O–H groups in total. The quantitative estimate of drug-likeness (QED) is 0.668. The molecule has 0 aliphatic carbocycles. The molecule has 0 saturated carbocycles. The smallest absolute Gasteiger partial charge is 0.273 e. The Morgan fingerprint density at radius 1 is 1.45 bits per heavy atom. The first kappa shape index (κ1) is 14.5. The molecule has 1 aromatic rings. The maximum atomic E-state index is 12.4. The normalized spacial score (nSPS) is 17.8.